The minimum Gasteiger partial charge on any atom is -0.322 e. The number of nitrogens with zero attached hydrogens (tertiary/aromatic N) is 2. The molecule has 0 aliphatic carbocycles. The lowest BCUT2D eigenvalue weighted by Crippen LogP contribution is -2.36. The van der Waals surface area contributed by atoms with E-state index in [4.69, 9.17) is 5.73 Å². The highest BCUT2D eigenvalue weighted by atomic mass is 16.2. The Kier molecular flexibility index (Phi) is 4.37. The van der Waals surface area contributed by atoms with Gasteiger partial charge in [-0.15, -0.1) is 0 Å². The maximum absolute atomic E-state index is 11.7. The van der Waals surface area contributed by atoms with Crippen molar-refractivity contribution in [2.45, 2.75) is 33.2 Å². The smallest absolute Gasteiger partial charge is 0.241 e. The van der Waals surface area contributed by atoms with Crippen LogP contribution in [0.1, 0.15) is 26.0 Å². The molecule has 0 radical (unpaired) electrons. The van der Waals surface area contributed by atoms with Crippen molar-refractivity contribution >= 4 is 11.6 Å². The van der Waals surface area contributed by atoms with Crippen molar-refractivity contribution in [3.8, 4) is 0 Å². The van der Waals surface area contributed by atoms with E-state index in [1.54, 1.807) is 6.20 Å². The van der Waals surface area contributed by atoms with E-state index in [0.29, 0.717) is 18.0 Å². The fourth-order valence-corrected chi connectivity index (χ4v) is 1.35. The largest absolute Gasteiger partial charge is 0.322 e. The first-order valence-electron chi connectivity index (χ1n) is 5.33. The van der Waals surface area contributed by atoms with Crippen molar-refractivity contribution in [3.63, 3.8) is 0 Å². The maximum atomic E-state index is 11.7. The van der Waals surface area contributed by atoms with Crippen molar-refractivity contribution in [1.82, 2.24) is 9.97 Å². The van der Waals surface area contributed by atoms with E-state index in [-0.39, 0.29) is 5.91 Å². The third-order valence-corrected chi connectivity index (χ3v) is 2.23. The zero-order valence-electron chi connectivity index (χ0n) is 9.90. The van der Waals surface area contributed by atoms with Gasteiger partial charge in [-0.2, -0.15) is 0 Å². The lowest BCUT2D eigenvalue weighted by Gasteiger charge is -2.14. The van der Waals surface area contributed by atoms with Crippen molar-refractivity contribution in [2.24, 2.45) is 11.7 Å². The fourth-order valence-electron chi connectivity index (χ4n) is 1.35. The fraction of sp³-hybridized carbons (Fsp3) is 0.545. The highest BCUT2D eigenvalue weighted by molar-refractivity contribution is 5.94. The molecule has 1 heterocycles. The van der Waals surface area contributed by atoms with E-state index in [9.17, 15) is 4.79 Å². The zero-order chi connectivity index (χ0) is 12.1. The van der Waals surface area contributed by atoms with Crippen LogP contribution in [0.4, 0.5) is 5.69 Å². The first-order chi connectivity index (χ1) is 7.50. The van der Waals surface area contributed by atoms with Crippen LogP contribution in [-0.4, -0.2) is 21.9 Å². The Labute approximate surface area is 95.5 Å². The van der Waals surface area contributed by atoms with Crippen molar-refractivity contribution < 1.29 is 4.79 Å². The van der Waals surface area contributed by atoms with Crippen LogP contribution in [0, 0.1) is 12.8 Å². The van der Waals surface area contributed by atoms with Gasteiger partial charge in [0.25, 0.3) is 0 Å². The molecule has 3 N–H and O–H groups in total. The van der Waals surface area contributed by atoms with Crippen LogP contribution in [0.5, 0.6) is 0 Å². The Morgan fingerprint density at radius 1 is 1.56 bits per heavy atom. The first kappa shape index (κ1) is 12.6. The number of aryl methyl sites for hydroxylation is 1. The number of carbonyl (C=O) groups excluding carboxylic acids is 1. The molecular weight excluding hydrogens is 204 g/mol. The quantitative estimate of drug-likeness (QED) is 0.799. The molecule has 0 unspecified atom stereocenters. The molecule has 1 aromatic heterocycles. The van der Waals surface area contributed by atoms with Gasteiger partial charge >= 0.3 is 0 Å². The summed E-state index contributed by atoms with van der Waals surface area (Å²) in [4.78, 5) is 19.5. The lowest BCUT2D eigenvalue weighted by molar-refractivity contribution is -0.117. The Hall–Kier alpha value is -1.49. The summed E-state index contributed by atoms with van der Waals surface area (Å²) in [5.74, 6) is 0.209. The second-order valence-electron chi connectivity index (χ2n) is 4.25. The third-order valence-electron chi connectivity index (χ3n) is 2.23. The average Bonchev–Trinajstić information content (AvgIpc) is 2.20. The second-order valence-corrected chi connectivity index (χ2v) is 4.25. The van der Waals surface area contributed by atoms with Crippen LogP contribution in [-0.2, 0) is 4.79 Å². The van der Waals surface area contributed by atoms with Gasteiger partial charge in [0, 0.05) is 0 Å². The zero-order valence-corrected chi connectivity index (χ0v) is 9.90. The Morgan fingerprint density at radius 2 is 2.25 bits per heavy atom. The molecule has 1 atom stereocenters. The monoisotopic (exact) mass is 222 g/mol. The summed E-state index contributed by atoms with van der Waals surface area (Å²) in [5, 5.41) is 2.73. The second kappa shape index (κ2) is 5.55. The number of rotatable bonds is 4. The number of amides is 1. The summed E-state index contributed by atoms with van der Waals surface area (Å²) in [6.45, 7) is 5.87. The maximum Gasteiger partial charge on any atom is 0.241 e. The van der Waals surface area contributed by atoms with Gasteiger partial charge < -0.3 is 11.1 Å². The van der Waals surface area contributed by atoms with E-state index in [1.165, 1.54) is 6.33 Å². The van der Waals surface area contributed by atoms with Gasteiger partial charge in [0.2, 0.25) is 5.91 Å². The van der Waals surface area contributed by atoms with E-state index >= 15 is 0 Å². The number of nitrogens with two attached hydrogens (primary N) is 1. The predicted molar refractivity (Wildman–Crippen MR) is 62.8 cm³/mol. The van der Waals surface area contributed by atoms with E-state index in [1.807, 2.05) is 20.8 Å². The van der Waals surface area contributed by atoms with Crippen LogP contribution >= 0.6 is 0 Å². The summed E-state index contributed by atoms with van der Waals surface area (Å²) in [7, 11) is 0. The van der Waals surface area contributed by atoms with Crippen LogP contribution in [0.2, 0.25) is 0 Å². The summed E-state index contributed by atoms with van der Waals surface area (Å²) in [5.41, 5.74) is 7.12. The average molecular weight is 222 g/mol. The minimum atomic E-state index is -0.486. The van der Waals surface area contributed by atoms with Crippen molar-refractivity contribution in [1.29, 1.82) is 0 Å². The van der Waals surface area contributed by atoms with Crippen molar-refractivity contribution in [3.05, 3.63) is 18.2 Å². The molecule has 0 aromatic carbocycles. The number of carbonyl (C=O) groups is 1. The van der Waals surface area contributed by atoms with Gasteiger partial charge in [-0.3, -0.25) is 4.79 Å². The van der Waals surface area contributed by atoms with E-state index in [0.717, 1.165) is 5.69 Å². The molecular formula is C11H18N4O. The predicted octanol–water partition coefficient (Wildman–Crippen LogP) is 1.10. The van der Waals surface area contributed by atoms with Crippen LogP contribution in [0.15, 0.2) is 12.5 Å². The standard InChI is InChI=1S/C11H18N4O/c1-7(2)4-9(12)11(16)15-10-5-13-6-14-8(10)3/h5-7,9H,4,12H2,1-3H3,(H,15,16)/t9-/m1/s1. The molecule has 16 heavy (non-hydrogen) atoms. The molecule has 1 amide bonds. The first-order valence-corrected chi connectivity index (χ1v) is 5.33. The van der Waals surface area contributed by atoms with Crippen molar-refractivity contribution in [2.75, 3.05) is 5.32 Å². The summed E-state index contributed by atoms with van der Waals surface area (Å²) >= 11 is 0. The number of hydrogen-bond donors (Lipinski definition) is 2. The van der Waals surface area contributed by atoms with Gasteiger partial charge in [0.15, 0.2) is 0 Å². The molecule has 1 rings (SSSR count). The topological polar surface area (TPSA) is 80.9 Å². The molecule has 0 bridgehead atoms. The Morgan fingerprint density at radius 3 is 2.81 bits per heavy atom. The van der Waals surface area contributed by atoms with Crippen LogP contribution in [0.25, 0.3) is 0 Å². The lowest BCUT2D eigenvalue weighted by atomic mass is 10.0. The van der Waals surface area contributed by atoms with Gasteiger partial charge in [-0.1, -0.05) is 13.8 Å². The van der Waals surface area contributed by atoms with E-state index in [2.05, 4.69) is 15.3 Å². The highest BCUT2D eigenvalue weighted by Gasteiger charge is 2.15. The molecule has 0 spiro atoms. The molecule has 5 nitrogen and oxygen atoms in total. The SMILES string of the molecule is Cc1ncncc1NC(=O)[C@H](N)CC(C)C. The molecule has 0 saturated carbocycles. The van der Waals surface area contributed by atoms with Gasteiger partial charge in [-0.05, 0) is 19.3 Å². The molecule has 1 aromatic rings. The number of nitrogens with one attached hydrogen (secondary N) is 1. The van der Waals surface area contributed by atoms with Gasteiger partial charge in [0.1, 0.15) is 6.33 Å². The van der Waals surface area contributed by atoms with Crippen LogP contribution < -0.4 is 11.1 Å². The van der Waals surface area contributed by atoms with Crippen LogP contribution in [0.3, 0.4) is 0 Å². The normalized spacial score (nSPS) is 12.6. The third kappa shape index (κ3) is 3.58. The van der Waals surface area contributed by atoms with Gasteiger partial charge in [-0.25, -0.2) is 9.97 Å². The van der Waals surface area contributed by atoms with E-state index < -0.39 is 6.04 Å². The van der Waals surface area contributed by atoms with Gasteiger partial charge in [0.05, 0.1) is 23.6 Å². The molecule has 0 aliphatic heterocycles. The summed E-state index contributed by atoms with van der Waals surface area (Å²) < 4.78 is 0. The summed E-state index contributed by atoms with van der Waals surface area (Å²) in [6.07, 6.45) is 3.68. The Balaban J connectivity index is 2.61. The number of hydrogen-bond acceptors (Lipinski definition) is 4. The summed E-state index contributed by atoms with van der Waals surface area (Å²) in [6, 6.07) is -0.486. The minimum absolute atomic E-state index is 0.188. The molecule has 0 fully saturated rings. The molecule has 88 valence electrons. The Bertz CT molecular complexity index is 365. The number of aromatic nitrogens is 2. The highest BCUT2D eigenvalue weighted by Crippen LogP contribution is 2.10. The molecule has 0 aliphatic rings. The number of anilines is 1. The molecule has 0 saturated heterocycles. The molecule has 5 heteroatoms.